The summed E-state index contributed by atoms with van der Waals surface area (Å²) in [7, 11) is 0. The quantitative estimate of drug-likeness (QED) is 0.868. The molecule has 1 aliphatic carbocycles. The summed E-state index contributed by atoms with van der Waals surface area (Å²) in [4.78, 5) is 12.8. The molecule has 0 atom stereocenters. The number of halogens is 2. The van der Waals surface area contributed by atoms with Gasteiger partial charge in [0.2, 0.25) is 5.92 Å². The van der Waals surface area contributed by atoms with Crippen molar-refractivity contribution in [1.29, 1.82) is 0 Å². The first kappa shape index (κ1) is 12.5. The predicted octanol–water partition coefficient (Wildman–Crippen LogP) is 3.45. The number of amides is 1. The van der Waals surface area contributed by atoms with Crippen LogP contribution in [0.1, 0.15) is 51.7 Å². The zero-order valence-corrected chi connectivity index (χ0v) is 10.4. The largest absolute Gasteiger partial charge is 0.365 e. The van der Waals surface area contributed by atoms with E-state index in [0.717, 1.165) is 10.4 Å². The zero-order valence-electron chi connectivity index (χ0n) is 9.63. The Morgan fingerprint density at radius 1 is 1.47 bits per heavy atom. The van der Waals surface area contributed by atoms with Gasteiger partial charge in [-0.25, -0.2) is 8.78 Å². The van der Waals surface area contributed by atoms with Gasteiger partial charge < -0.3 is 5.73 Å². The molecule has 0 unspecified atom stereocenters. The van der Waals surface area contributed by atoms with Gasteiger partial charge in [-0.3, -0.25) is 4.79 Å². The summed E-state index contributed by atoms with van der Waals surface area (Å²) in [5, 5.41) is 0. The molecule has 1 saturated carbocycles. The van der Waals surface area contributed by atoms with Gasteiger partial charge in [0, 0.05) is 17.7 Å². The molecule has 2 N–H and O–H groups in total. The number of alkyl halides is 2. The van der Waals surface area contributed by atoms with E-state index in [1.165, 1.54) is 11.3 Å². The van der Waals surface area contributed by atoms with Crippen LogP contribution in [-0.2, 0) is 0 Å². The molecule has 1 aromatic heterocycles. The predicted molar refractivity (Wildman–Crippen MR) is 63.7 cm³/mol. The number of thiophene rings is 1. The molecule has 17 heavy (non-hydrogen) atoms. The highest BCUT2D eigenvalue weighted by Gasteiger charge is 2.36. The molecule has 1 amide bonds. The van der Waals surface area contributed by atoms with Crippen molar-refractivity contribution in [2.75, 3.05) is 0 Å². The highest BCUT2D eigenvalue weighted by molar-refractivity contribution is 7.14. The first-order chi connectivity index (χ1) is 7.89. The Bertz CT molecular complexity index is 432. The maximum atomic E-state index is 13.1. The number of nitrogens with two attached hydrogens (primary N) is 1. The van der Waals surface area contributed by atoms with Crippen molar-refractivity contribution < 1.29 is 13.6 Å². The van der Waals surface area contributed by atoms with E-state index in [0.29, 0.717) is 17.7 Å². The molecule has 0 aliphatic heterocycles. The van der Waals surface area contributed by atoms with E-state index in [2.05, 4.69) is 0 Å². The SMILES string of the molecule is Cc1cc(C2CCC(F)(F)CC2)c(C(N)=O)s1. The molecule has 1 heterocycles. The number of aryl methyl sites for hydroxylation is 1. The molecule has 1 aliphatic rings. The Hall–Kier alpha value is -0.970. The molecule has 1 fully saturated rings. The summed E-state index contributed by atoms with van der Waals surface area (Å²) in [6, 6.07) is 1.92. The zero-order chi connectivity index (χ0) is 12.6. The van der Waals surface area contributed by atoms with Crippen LogP contribution in [-0.4, -0.2) is 11.8 Å². The lowest BCUT2D eigenvalue weighted by Crippen LogP contribution is -2.24. The van der Waals surface area contributed by atoms with Crippen molar-refractivity contribution >= 4 is 17.2 Å². The maximum absolute atomic E-state index is 13.1. The number of hydrogen-bond donors (Lipinski definition) is 1. The van der Waals surface area contributed by atoms with Crippen LogP contribution in [0.3, 0.4) is 0 Å². The van der Waals surface area contributed by atoms with Crippen LogP contribution in [0, 0.1) is 6.92 Å². The molecular formula is C12H15F2NOS. The highest BCUT2D eigenvalue weighted by Crippen LogP contribution is 2.43. The van der Waals surface area contributed by atoms with E-state index < -0.39 is 11.8 Å². The summed E-state index contributed by atoms with van der Waals surface area (Å²) in [6.45, 7) is 1.90. The van der Waals surface area contributed by atoms with Gasteiger partial charge in [-0.1, -0.05) is 0 Å². The van der Waals surface area contributed by atoms with Crippen molar-refractivity contribution in [2.24, 2.45) is 5.73 Å². The van der Waals surface area contributed by atoms with E-state index in [-0.39, 0.29) is 18.8 Å². The monoisotopic (exact) mass is 259 g/mol. The minimum Gasteiger partial charge on any atom is -0.365 e. The molecule has 0 spiro atoms. The Kier molecular flexibility index (Phi) is 3.21. The summed E-state index contributed by atoms with van der Waals surface area (Å²) in [5.74, 6) is -2.92. The topological polar surface area (TPSA) is 43.1 Å². The molecule has 94 valence electrons. The third kappa shape index (κ3) is 2.65. The summed E-state index contributed by atoms with van der Waals surface area (Å²) in [6.07, 6.45) is 0.683. The second kappa shape index (κ2) is 4.37. The van der Waals surface area contributed by atoms with Crippen LogP contribution < -0.4 is 5.73 Å². The summed E-state index contributed by atoms with van der Waals surface area (Å²) >= 11 is 1.35. The van der Waals surface area contributed by atoms with Crippen LogP contribution in [0.5, 0.6) is 0 Å². The molecule has 1 aromatic rings. The lowest BCUT2D eigenvalue weighted by molar-refractivity contribution is -0.0382. The number of carbonyl (C=O) groups excluding carboxylic acids is 1. The average molecular weight is 259 g/mol. The van der Waals surface area contributed by atoms with Gasteiger partial charge in [0.05, 0.1) is 4.88 Å². The Morgan fingerprint density at radius 3 is 2.59 bits per heavy atom. The Morgan fingerprint density at radius 2 is 2.06 bits per heavy atom. The lowest BCUT2D eigenvalue weighted by Gasteiger charge is -2.28. The maximum Gasteiger partial charge on any atom is 0.259 e. The van der Waals surface area contributed by atoms with E-state index in [4.69, 9.17) is 5.73 Å². The van der Waals surface area contributed by atoms with Gasteiger partial charge >= 0.3 is 0 Å². The molecule has 5 heteroatoms. The van der Waals surface area contributed by atoms with Crippen LogP contribution in [0.25, 0.3) is 0 Å². The normalized spacial score (nSPS) is 20.4. The summed E-state index contributed by atoms with van der Waals surface area (Å²) < 4.78 is 26.1. The lowest BCUT2D eigenvalue weighted by atomic mass is 9.82. The number of rotatable bonds is 2. The second-order valence-corrected chi connectivity index (χ2v) is 5.89. The highest BCUT2D eigenvalue weighted by atomic mass is 32.1. The van der Waals surface area contributed by atoms with E-state index in [1.54, 1.807) is 0 Å². The van der Waals surface area contributed by atoms with E-state index >= 15 is 0 Å². The first-order valence-corrected chi connectivity index (χ1v) is 6.49. The fraction of sp³-hybridized carbons (Fsp3) is 0.583. The Labute approximate surface area is 103 Å². The fourth-order valence-corrected chi connectivity index (χ4v) is 3.33. The van der Waals surface area contributed by atoms with Crippen molar-refractivity contribution in [3.8, 4) is 0 Å². The molecule has 0 aromatic carbocycles. The third-order valence-corrected chi connectivity index (χ3v) is 4.35. The Balaban J connectivity index is 2.21. The number of hydrogen-bond acceptors (Lipinski definition) is 2. The minimum atomic E-state index is -2.53. The van der Waals surface area contributed by atoms with E-state index in [1.807, 2.05) is 13.0 Å². The number of primary amides is 1. The third-order valence-electron chi connectivity index (χ3n) is 3.26. The fourth-order valence-electron chi connectivity index (χ4n) is 2.38. The van der Waals surface area contributed by atoms with Gasteiger partial charge in [-0.2, -0.15) is 0 Å². The van der Waals surface area contributed by atoms with E-state index in [9.17, 15) is 13.6 Å². The summed E-state index contributed by atoms with van der Waals surface area (Å²) in [5.41, 5.74) is 6.18. The van der Waals surface area contributed by atoms with Crippen LogP contribution >= 0.6 is 11.3 Å². The minimum absolute atomic E-state index is 0.0575. The van der Waals surface area contributed by atoms with Gasteiger partial charge in [0.15, 0.2) is 0 Å². The van der Waals surface area contributed by atoms with Crippen molar-refractivity contribution in [1.82, 2.24) is 0 Å². The molecule has 0 saturated heterocycles. The van der Waals surface area contributed by atoms with Crippen molar-refractivity contribution in [3.63, 3.8) is 0 Å². The van der Waals surface area contributed by atoms with Gasteiger partial charge in [-0.15, -0.1) is 11.3 Å². The van der Waals surface area contributed by atoms with Crippen molar-refractivity contribution in [2.45, 2.75) is 44.4 Å². The molecule has 0 radical (unpaired) electrons. The molecular weight excluding hydrogens is 244 g/mol. The average Bonchev–Trinajstić information content (AvgIpc) is 2.60. The van der Waals surface area contributed by atoms with Crippen molar-refractivity contribution in [3.05, 3.63) is 21.4 Å². The van der Waals surface area contributed by atoms with Crippen LogP contribution in [0.15, 0.2) is 6.07 Å². The first-order valence-electron chi connectivity index (χ1n) is 5.67. The molecule has 2 nitrogen and oxygen atoms in total. The molecule has 0 bridgehead atoms. The standard InChI is InChI=1S/C12H15F2NOS/c1-7-6-9(10(17-7)11(15)16)8-2-4-12(13,14)5-3-8/h6,8H,2-5H2,1H3,(H2,15,16). The van der Waals surface area contributed by atoms with Gasteiger partial charge in [-0.05, 0) is 37.3 Å². The van der Waals surface area contributed by atoms with Gasteiger partial charge in [0.1, 0.15) is 0 Å². The number of carbonyl (C=O) groups is 1. The second-order valence-electron chi connectivity index (χ2n) is 4.64. The van der Waals surface area contributed by atoms with Crippen LogP contribution in [0.2, 0.25) is 0 Å². The smallest absolute Gasteiger partial charge is 0.259 e. The van der Waals surface area contributed by atoms with Crippen LogP contribution in [0.4, 0.5) is 8.78 Å². The molecule has 2 rings (SSSR count). The van der Waals surface area contributed by atoms with Gasteiger partial charge in [0.25, 0.3) is 5.91 Å².